The van der Waals surface area contributed by atoms with E-state index in [0.29, 0.717) is 5.88 Å². The molecule has 32 heavy (non-hydrogen) atoms. The van der Waals surface area contributed by atoms with Crippen molar-refractivity contribution in [3.63, 3.8) is 0 Å². The predicted molar refractivity (Wildman–Crippen MR) is 122 cm³/mol. The molecule has 8 heteroatoms. The van der Waals surface area contributed by atoms with Gasteiger partial charge in [0.25, 0.3) is 0 Å². The molecular formula is C24H22N6O2. The first kappa shape index (κ1) is 19.7. The molecule has 5 rings (SSSR count). The molecule has 0 saturated carbocycles. The molecule has 0 bridgehead atoms. The summed E-state index contributed by atoms with van der Waals surface area (Å²) in [5, 5.41) is 13.6. The van der Waals surface area contributed by atoms with Crippen LogP contribution in [-0.2, 0) is 11.2 Å². The fourth-order valence-electron chi connectivity index (χ4n) is 3.57. The van der Waals surface area contributed by atoms with E-state index in [4.69, 9.17) is 4.52 Å². The minimum absolute atomic E-state index is 0.149. The summed E-state index contributed by atoms with van der Waals surface area (Å²) in [5.74, 6) is 0.465. The van der Waals surface area contributed by atoms with Crippen molar-refractivity contribution in [1.82, 2.24) is 24.9 Å². The Morgan fingerprint density at radius 1 is 1.12 bits per heavy atom. The average molecular weight is 426 g/mol. The number of carbonyl (C=O) groups excluding carboxylic acids is 1. The summed E-state index contributed by atoms with van der Waals surface area (Å²) < 4.78 is 7.21. The summed E-state index contributed by atoms with van der Waals surface area (Å²) in [4.78, 5) is 16.9. The number of H-pyrrole nitrogens is 1. The fraction of sp³-hybridized carbons (Fsp3) is 0.167. The highest BCUT2D eigenvalue weighted by Crippen LogP contribution is 2.25. The second-order valence-corrected chi connectivity index (χ2v) is 7.97. The van der Waals surface area contributed by atoms with E-state index in [2.05, 4.69) is 37.8 Å². The molecule has 0 spiro atoms. The molecule has 0 unspecified atom stereocenters. The van der Waals surface area contributed by atoms with Crippen LogP contribution in [0.1, 0.15) is 31.0 Å². The van der Waals surface area contributed by atoms with Crippen molar-refractivity contribution in [3.8, 4) is 16.8 Å². The number of hydrogen-bond donors (Lipinski definition) is 2. The zero-order valence-electron chi connectivity index (χ0n) is 17.7. The van der Waals surface area contributed by atoms with Crippen molar-refractivity contribution >= 4 is 22.8 Å². The Morgan fingerprint density at radius 3 is 2.69 bits per heavy atom. The lowest BCUT2D eigenvalue weighted by molar-refractivity contribution is -0.115. The van der Waals surface area contributed by atoms with Crippen LogP contribution in [0.4, 0.5) is 5.88 Å². The van der Waals surface area contributed by atoms with Crippen LogP contribution in [-0.4, -0.2) is 30.8 Å². The molecule has 2 aromatic carbocycles. The molecule has 3 heterocycles. The number of hydrogen-bond acceptors (Lipinski definition) is 5. The summed E-state index contributed by atoms with van der Waals surface area (Å²) in [6.45, 7) is 4.04. The van der Waals surface area contributed by atoms with Crippen molar-refractivity contribution in [2.75, 3.05) is 5.32 Å². The van der Waals surface area contributed by atoms with E-state index in [-0.39, 0.29) is 18.2 Å². The van der Waals surface area contributed by atoms with Crippen molar-refractivity contribution in [1.29, 1.82) is 0 Å². The van der Waals surface area contributed by atoms with Crippen LogP contribution in [0, 0.1) is 0 Å². The number of aromatic amines is 1. The van der Waals surface area contributed by atoms with E-state index < -0.39 is 0 Å². The summed E-state index contributed by atoms with van der Waals surface area (Å²) in [6.07, 6.45) is 5.70. The standard InChI is InChI=1S/C24H22N6O2/c1-15(2)20-11-24(32-29-20)28-23(31)9-16-3-6-19(7-4-16)30-14-25-21-10-17(5-8-22(21)30)18-12-26-27-13-18/h3-8,10-15H,9H2,1-2H3,(H,26,27)(H,28,31). The summed E-state index contributed by atoms with van der Waals surface area (Å²) in [7, 11) is 0. The highest BCUT2D eigenvalue weighted by molar-refractivity contribution is 5.91. The fourth-order valence-corrected chi connectivity index (χ4v) is 3.57. The van der Waals surface area contributed by atoms with Crippen LogP contribution in [0.2, 0.25) is 0 Å². The van der Waals surface area contributed by atoms with Crippen LogP contribution in [0.3, 0.4) is 0 Å². The predicted octanol–water partition coefficient (Wildman–Crippen LogP) is 4.71. The second-order valence-electron chi connectivity index (χ2n) is 7.97. The maximum Gasteiger partial charge on any atom is 0.231 e. The Kier molecular flexibility index (Phi) is 5.03. The molecule has 0 radical (unpaired) electrons. The lowest BCUT2D eigenvalue weighted by atomic mass is 10.1. The molecule has 0 atom stereocenters. The number of carbonyl (C=O) groups is 1. The Balaban J connectivity index is 1.30. The van der Waals surface area contributed by atoms with Gasteiger partial charge in [-0.2, -0.15) is 5.10 Å². The first-order valence-electron chi connectivity index (χ1n) is 10.4. The Hall–Kier alpha value is -4.20. The van der Waals surface area contributed by atoms with Crippen molar-refractivity contribution < 1.29 is 9.32 Å². The van der Waals surface area contributed by atoms with Gasteiger partial charge in [-0.25, -0.2) is 4.98 Å². The quantitative estimate of drug-likeness (QED) is 0.409. The van der Waals surface area contributed by atoms with Gasteiger partial charge in [0.1, 0.15) is 6.33 Å². The molecule has 8 nitrogen and oxygen atoms in total. The highest BCUT2D eigenvalue weighted by Gasteiger charge is 2.12. The van der Waals surface area contributed by atoms with Crippen LogP contribution in [0.25, 0.3) is 27.8 Å². The third-order valence-corrected chi connectivity index (χ3v) is 5.34. The van der Waals surface area contributed by atoms with Crippen molar-refractivity contribution in [2.45, 2.75) is 26.2 Å². The summed E-state index contributed by atoms with van der Waals surface area (Å²) in [6, 6.07) is 15.8. The molecule has 0 aliphatic heterocycles. The maximum absolute atomic E-state index is 12.4. The van der Waals surface area contributed by atoms with Gasteiger partial charge < -0.3 is 4.52 Å². The SMILES string of the molecule is CC(C)c1cc(NC(=O)Cc2ccc(-n3cnc4cc(-c5cn[nH]c5)ccc43)cc2)on1. The molecule has 0 saturated heterocycles. The van der Waals surface area contributed by atoms with E-state index in [9.17, 15) is 4.79 Å². The van der Waals surface area contributed by atoms with Gasteiger partial charge in [-0.3, -0.25) is 19.8 Å². The second kappa shape index (κ2) is 8.14. The summed E-state index contributed by atoms with van der Waals surface area (Å²) in [5.41, 5.74) is 6.69. The average Bonchev–Trinajstić information content (AvgIpc) is 3.54. The minimum Gasteiger partial charge on any atom is -0.338 e. The van der Waals surface area contributed by atoms with Crippen LogP contribution in [0.15, 0.2) is 71.8 Å². The van der Waals surface area contributed by atoms with Crippen LogP contribution >= 0.6 is 0 Å². The molecular weight excluding hydrogens is 404 g/mol. The van der Waals surface area contributed by atoms with E-state index >= 15 is 0 Å². The molecule has 0 fully saturated rings. The molecule has 0 aliphatic carbocycles. The Morgan fingerprint density at radius 2 is 1.97 bits per heavy atom. The Bertz CT molecular complexity index is 1360. The Labute approximate surface area is 184 Å². The van der Waals surface area contributed by atoms with Gasteiger partial charge in [-0.05, 0) is 41.3 Å². The minimum atomic E-state index is -0.149. The maximum atomic E-state index is 12.4. The van der Waals surface area contributed by atoms with Gasteiger partial charge in [0.15, 0.2) is 0 Å². The van der Waals surface area contributed by atoms with E-state index in [1.54, 1.807) is 12.3 Å². The smallest absolute Gasteiger partial charge is 0.231 e. The number of aromatic nitrogens is 5. The lowest BCUT2D eigenvalue weighted by Crippen LogP contribution is -2.13. The number of nitrogens with zero attached hydrogens (tertiary/aromatic N) is 4. The van der Waals surface area contributed by atoms with Gasteiger partial charge in [0.2, 0.25) is 11.8 Å². The van der Waals surface area contributed by atoms with Gasteiger partial charge in [-0.1, -0.05) is 37.2 Å². The number of anilines is 1. The normalized spacial score (nSPS) is 11.3. The first-order valence-corrected chi connectivity index (χ1v) is 10.4. The number of nitrogens with one attached hydrogen (secondary N) is 2. The van der Waals surface area contributed by atoms with Gasteiger partial charge in [0.05, 0.1) is 29.3 Å². The summed E-state index contributed by atoms with van der Waals surface area (Å²) >= 11 is 0. The third-order valence-electron chi connectivity index (χ3n) is 5.34. The van der Waals surface area contributed by atoms with Crippen molar-refractivity contribution in [3.05, 3.63) is 78.5 Å². The highest BCUT2D eigenvalue weighted by atomic mass is 16.5. The zero-order chi connectivity index (χ0) is 22.1. The van der Waals surface area contributed by atoms with Crippen LogP contribution < -0.4 is 5.32 Å². The molecule has 2 N–H and O–H groups in total. The number of rotatable bonds is 6. The molecule has 1 amide bonds. The topological polar surface area (TPSA) is 102 Å². The van der Waals surface area contributed by atoms with E-state index in [1.165, 1.54) is 0 Å². The van der Waals surface area contributed by atoms with Gasteiger partial charge in [0, 0.05) is 23.5 Å². The van der Waals surface area contributed by atoms with E-state index in [1.807, 2.05) is 61.3 Å². The monoisotopic (exact) mass is 426 g/mol. The molecule has 0 aliphatic rings. The van der Waals surface area contributed by atoms with Crippen LogP contribution in [0.5, 0.6) is 0 Å². The van der Waals surface area contributed by atoms with Crippen molar-refractivity contribution in [2.24, 2.45) is 0 Å². The third kappa shape index (κ3) is 3.90. The van der Waals surface area contributed by atoms with Gasteiger partial charge >= 0.3 is 0 Å². The number of imidazole rings is 1. The lowest BCUT2D eigenvalue weighted by Gasteiger charge is -2.07. The number of benzene rings is 2. The molecule has 160 valence electrons. The van der Waals surface area contributed by atoms with Gasteiger partial charge in [-0.15, -0.1) is 0 Å². The first-order chi connectivity index (χ1) is 15.6. The largest absolute Gasteiger partial charge is 0.338 e. The number of amides is 1. The number of fused-ring (bicyclic) bond motifs is 1. The van der Waals surface area contributed by atoms with E-state index in [0.717, 1.165) is 39.1 Å². The zero-order valence-corrected chi connectivity index (χ0v) is 17.7. The molecule has 5 aromatic rings. The molecule has 3 aromatic heterocycles.